The summed E-state index contributed by atoms with van der Waals surface area (Å²) in [5.41, 5.74) is 6.44. The molecule has 14 nitrogen and oxygen atoms in total. The second kappa shape index (κ2) is 16.3. The molecule has 57 heavy (non-hydrogen) atoms. The number of aromatic amines is 2. The molecule has 5 aromatic rings. The van der Waals surface area contributed by atoms with Crippen LogP contribution in [0.15, 0.2) is 91.3 Å². The highest BCUT2D eigenvalue weighted by Crippen LogP contribution is 2.36. The number of nitrogens with zero attached hydrogens (tertiary/aromatic N) is 5. The van der Waals surface area contributed by atoms with Gasteiger partial charge >= 0.3 is 12.2 Å². The zero-order valence-electron chi connectivity index (χ0n) is 31.8. The topological polar surface area (TPSA) is 177 Å². The van der Waals surface area contributed by atoms with Gasteiger partial charge in [0.05, 0.1) is 43.0 Å². The fraction of sp³-hybridized carbons (Fsp3) is 0.349. The number of carbonyl (C=O) groups excluding carboxylic acids is 3. The SMILES string of the molecule is COC(=O)N[C@@H](C(=O)N1CCC[C@H]1c1ncc(-c2ccc(-c3ccc(-c4cnc([C@@H]5CCCN5C(=O)C[C@@H]5CCCN5C(=O)O)[nH]4)cc3)cc2)[nH]1)c1ccccc1. The van der Waals surface area contributed by atoms with Crippen LogP contribution >= 0.6 is 0 Å². The van der Waals surface area contributed by atoms with Gasteiger partial charge in [-0.15, -0.1) is 0 Å². The van der Waals surface area contributed by atoms with Crippen LogP contribution in [0.5, 0.6) is 0 Å². The van der Waals surface area contributed by atoms with E-state index in [2.05, 4.69) is 56.7 Å². The van der Waals surface area contributed by atoms with Crippen LogP contribution in [0.3, 0.4) is 0 Å². The summed E-state index contributed by atoms with van der Waals surface area (Å²) in [5, 5.41) is 12.2. The Hall–Kier alpha value is -6.44. The number of benzene rings is 3. The van der Waals surface area contributed by atoms with Gasteiger partial charge in [0, 0.05) is 32.1 Å². The van der Waals surface area contributed by atoms with Crippen molar-refractivity contribution in [3.63, 3.8) is 0 Å². The van der Waals surface area contributed by atoms with Gasteiger partial charge in [0.15, 0.2) is 0 Å². The van der Waals surface area contributed by atoms with Gasteiger partial charge in [-0.3, -0.25) is 9.59 Å². The van der Waals surface area contributed by atoms with Gasteiger partial charge in [-0.05, 0) is 66.3 Å². The summed E-state index contributed by atoms with van der Waals surface area (Å²) in [6.45, 7) is 1.68. The number of nitrogens with one attached hydrogen (secondary N) is 3. The molecule has 4 amide bonds. The summed E-state index contributed by atoms with van der Waals surface area (Å²) < 4.78 is 4.82. The second-order valence-electron chi connectivity index (χ2n) is 14.9. The molecule has 3 saturated heterocycles. The summed E-state index contributed by atoms with van der Waals surface area (Å²) in [7, 11) is 1.28. The molecule has 0 spiro atoms. The maximum absolute atomic E-state index is 13.9. The number of hydrogen-bond donors (Lipinski definition) is 4. The molecule has 2 aromatic heterocycles. The van der Waals surface area contributed by atoms with Crippen molar-refractivity contribution in [2.24, 2.45) is 0 Å². The summed E-state index contributed by atoms with van der Waals surface area (Å²) in [4.78, 5) is 72.3. The Morgan fingerprint density at radius 2 is 1.23 bits per heavy atom. The molecule has 0 saturated carbocycles. The van der Waals surface area contributed by atoms with E-state index >= 15 is 0 Å². The first-order valence-electron chi connectivity index (χ1n) is 19.6. The minimum Gasteiger partial charge on any atom is -0.465 e. The second-order valence-corrected chi connectivity index (χ2v) is 14.9. The monoisotopic (exact) mass is 770 g/mol. The zero-order valence-corrected chi connectivity index (χ0v) is 31.8. The maximum Gasteiger partial charge on any atom is 0.407 e. The maximum atomic E-state index is 13.9. The third-order valence-electron chi connectivity index (χ3n) is 11.5. The van der Waals surface area contributed by atoms with E-state index in [-0.39, 0.29) is 36.4 Å². The van der Waals surface area contributed by atoms with Crippen molar-refractivity contribution in [2.75, 3.05) is 26.7 Å². The standard InChI is InChI=1S/C43H46N8O6/c1-57-42(54)48-38(31-8-3-2-4-9-31)41(53)51-23-7-12-36(51)40-45-26-34(47-40)30-19-15-28(16-20-30)27-13-17-29(18-14-27)33-25-44-39(46-33)35-11-6-22-50(35)37(52)24-32-10-5-21-49(32)43(55)56/h2-4,8-9,13-20,25-26,32,35-36,38H,5-7,10-12,21-24H2,1H3,(H,44,46)(H,45,47)(H,48,54)(H,55,56)/t32-,35-,36-,38+/m0/s1. The number of carboxylic acid groups (broad SMARTS) is 1. The van der Waals surface area contributed by atoms with E-state index in [9.17, 15) is 24.3 Å². The molecule has 0 bridgehead atoms. The molecular formula is C43H46N8O6. The minimum absolute atomic E-state index is 0.0204. The molecule has 0 radical (unpaired) electrons. The Kier molecular flexibility index (Phi) is 10.7. The molecular weight excluding hydrogens is 725 g/mol. The molecule has 0 unspecified atom stereocenters. The van der Waals surface area contributed by atoms with Crippen molar-refractivity contribution in [2.45, 2.75) is 69.1 Å². The predicted molar refractivity (Wildman–Crippen MR) is 212 cm³/mol. The number of ether oxygens (including phenoxy) is 1. The van der Waals surface area contributed by atoms with Crippen LogP contribution < -0.4 is 5.32 Å². The first-order valence-corrected chi connectivity index (χ1v) is 19.6. The van der Waals surface area contributed by atoms with Crippen molar-refractivity contribution in [3.8, 4) is 33.6 Å². The predicted octanol–water partition coefficient (Wildman–Crippen LogP) is 7.09. The molecule has 8 rings (SSSR count). The highest BCUT2D eigenvalue weighted by Gasteiger charge is 2.38. The van der Waals surface area contributed by atoms with Crippen molar-refractivity contribution in [1.82, 2.24) is 40.0 Å². The lowest BCUT2D eigenvalue weighted by atomic mass is 10.0. The fourth-order valence-electron chi connectivity index (χ4n) is 8.55. The number of H-pyrrole nitrogens is 2. The molecule has 3 fully saturated rings. The average Bonchev–Trinajstić information content (AvgIpc) is 4.09. The molecule has 14 heteroatoms. The molecule has 0 aliphatic carbocycles. The third-order valence-corrected chi connectivity index (χ3v) is 11.5. The van der Waals surface area contributed by atoms with Crippen molar-refractivity contribution >= 4 is 24.0 Å². The molecule has 5 heterocycles. The van der Waals surface area contributed by atoms with Crippen LogP contribution in [-0.4, -0.2) is 96.5 Å². The third kappa shape index (κ3) is 7.84. The fourth-order valence-corrected chi connectivity index (χ4v) is 8.55. The van der Waals surface area contributed by atoms with Crippen LogP contribution in [0.2, 0.25) is 0 Å². The highest BCUT2D eigenvalue weighted by molar-refractivity contribution is 5.87. The van der Waals surface area contributed by atoms with Gasteiger partial charge in [0.1, 0.15) is 17.7 Å². The molecule has 4 atom stereocenters. The number of amides is 4. The molecule has 3 aromatic carbocycles. The van der Waals surface area contributed by atoms with E-state index in [1.807, 2.05) is 53.6 Å². The van der Waals surface area contributed by atoms with Crippen LogP contribution in [0.25, 0.3) is 33.6 Å². The van der Waals surface area contributed by atoms with Crippen molar-refractivity contribution < 1.29 is 29.0 Å². The lowest BCUT2D eigenvalue weighted by Gasteiger charge is -2.28. The number of alkyl carbamates (subject to hydrolysis) is 1. The van der Waals surface area contributed by atoms with E-state index in [1.54, 1.807) is 11.1 Å². The van der Waals surface area contributed by atoms with Crippen LogP contribution in [0, 0.1) is 0 Å². The largest absolute Gasteiger partial charge is 0.465 e. The normalized spacial score (nSPS) is 19.8. The Bertz CT molecular complexity index is 2220. The van der Waals surface area contributed by atoms with Gasteiger partial charge in [-0.1, -0.05) is 78.9 Å². The summed E-state index contributed by atoms with van der Waals surface area (Å²) in [6, 6.07) is 24.1. The molecule has 294 valence electrons. The lowest BCUT2D eigenvalue weighted by molar-refractivity contribution is -0.135. The number of hydrogen-bond acceptors (Lipinski definition) is 7. The number of carbonyl (C=O) groups is 4. The average molecular weight is 771 g/mol. The van der Waals surface area contributed by atoms with Crippen LogP contribution in [0.1, 0.15) is 80.3 Å². The quantitative estimate of drug-likeness (QED) is 0.116. The van der Waals surface area contributed by atoms with Crippen LogP contribution in [-0.2, 0) is 14.3 Å². The van der Waals surface area contributed by atoms with E-state index in [4.69, 9.17) is 9.72 Å². The lowest BCUT2D eigenvalue weighted by Crippen LogP contribution is -2.42. The summed E-state index contributed by atoms with van der Waals surface area (Å²) in [5.74, 6) is 1.21. The van der Waals surface area contributed by atoms with Crippen molar-refractivity contribution in [1.29, 1.82) is 0 Å². The summed E-state index contributed by atoms with van der Waals surface area (Å²) >= 11 is 0. The number of imidazole rings is 2. The first-order chi connectivity index (χ1) is 27.8. The number of aromatic nitrogens is 4. The Morgan fingerprint density at radius 3 is 1.79 bits per heavy atom. The first kappa shape index (κ1) is 37.5. The minimum atomic E-state index is -0.958. The number of methoxy groups -OCH3 is 1. The Morgan fingerprint density at radius 1 is 0.719 bits per heavy atom. The van der Waals surface area contributed by atoms with Crippen LogP contribution in [0.4, 0.5) is 9.59 Å². The smallest absolute Gasteiger partial charge is 0.407 e. The molecule has 3 aliphatic rings. The number of likely N-dealkylation sites (tertiary alicyclic amines) is 3. The summed E-state index contributed by atoms with van der Waals surface area (Å²) in [6.07, 6.45) is 6.94. The van der Waals surface area contributed by atoms with E-state index in [0.717, 1.165) is 71.6 Å². The van der Waals surface area contributed by atoms with Gasteiger partial charge in [-0.2, -0.15) is 0 Å². The van der Waals surface area contributed by atoms with E-state index in [0.29, 0.717) is 37.4 Å². The molecule has 3 aliphatic heterocycles. The zero-order chi connectivity index (χ0) is 39.5. The van der Waals surface area contributed by atoms with E-state index in [1.165, 1.54) is 12.0 Å². The number of rotatable bonds is 10. The van der Waals surface area contributed by atoms with Gasteiger partial charge in [0.25, 0.3) is 5.91 Å². The van der Waals surface area contributed by atoms with E-state index < -0.39 is 18.2 Å². The van der Waals surface area contributed by atoms with Crippen molar-refractivity contribution in [3.05, 3.63) is 108 Å². The Balaban J connectivity index is 0.910. The van der Waals surface area contributed by atoms with Gasteiger partial charge in [-0.25, -0.2) is 19.6 Å². The highest BCUT2D eigenvalue weighted by atomic mass is 16.5. The molecule has 4 N–H and O–H groups in total. The van der Waals surface area contributed by atoms with Gasteiger partial charge in [0.2, 0.25) is 5.91 Å². The Labute approximate surface area is 330 Å². The van der Waals surface area contributed by atoms with Gasteiger partial charge < -0.3 is 39.8 Å².